The Balaban J connectivity index is 0.000000980. The summed E-state index contributed by atoms with van der Waals surface area (Å²) in [5.41, 5.74) is 0. The minimum absolute atomic E-state index is 0. The molecule has 0 fully saturated rings. The number of halogens is 1. The van der Waals surface area contributed by atoms with Gasteiger partial charge in [0.2, 0.25) is 0 Å². The van der Waals surface area contributed by atoms with E-state index in [0.29, 0.717) is 0 Å². The smallest absolute Gasteiger partial charge is 0.256 e. The molecule has 0 unspecified atom stereocenters. The van der Waals surface area contributed by atoms with Crippen LogP contribution in [0.2, 0.25) is 0 Å². The van der Waals surface area contributed by atoms with Crippen LogP contribution in [0, 0.1) is 0 Å². The Hall–Kier alpha value is -0.310. The van der Waals surface area contributed by atoms with E-state index in [0.717, 1.165) is 0 Å². The van der Waals surface area contributed by atoms with E-state index in [2.05, 4.69) is 28.5 Å². The summed E-state index contributed by atoms with van der Waals surface area (Å²) in [6, 6.07) is 0. The molecule has 0 spiro atoms. The molecule has 0 radical (unpaired) electrons. The highest BCUT2D eigenvalue weighted by Gasteiger charge is 2.19. The monoisotopic (exact) mass is 258 g/mol. The van der Waals surface area contributed by atoms with Gasteiger partial charge in [0, 0.05) is 6.42 Å². The first-order valence-electron chi connectivity index (χ1n) is 5.49. The molecule has 2 rings (SSSR count). The summed E-state index contributed by atoms with van der Waals surface area (Å²) < 4.78 is 4.85. The van der Waals surface area contributed by atoms with Gasteiger partial charge in [-0.15, -0.1) is 0 Å². The molecular formula is C11H19BrN2. The van der Waals surface area contributed by atoms with Gasteiger partial charge in [-0.25, -0.2) is 9.13 Å². The van der Waals surface area contributed by atoms with Gasteiger partial charge in [-0.05, 0) is 19.3 Å². The quantitative estimate of drug-likeness (QED) is 0.610. The lowest BCUT2D eigenvalue weighted by Gasteiger charge is -2.09. The molecule has 0 aliphatic carbocycles. The minimum Gasteiger partial charge on any atom is -1.00 e. The van der Waals surface area contributed by atoms with Crippen molar-refractivity contribution in [3.05, 3.63) is 18.2 Å². The Bertz CT molecular complexity index is 281. The van der Waals surface area contributed by atoms with Crippen molar-refractivity contribution in [2.24, 2.45) is 0 Å². The van der Waals surface area contributed by atoms with Gasteiger partial charge in [0.05, 0.1) is 13.1 Å². The molecule has 80 valence electrons. The average molecular weight is 259 g/mol. The number of hydrogen-bond donors (Lipinski definition) is 0. The van der Waals surface area contributed by atoms with Crippen molar-refractivity contribution in [3.8, 4) is 0 Å². The van der Waals surface area contributed by atoms with Gasteiger partial charge < -0.3 is 17.0 Å². The molecular weight excluding hydrogens is 240 g/mol. The molecule has 0 atom stereocenters. The topological polar surface area (TPSA) is 8.81 Å². The molecule has 1 aromatic rings. The normalized spacial score (nSPS) is 14.6. The lowest BCUT2D eigenvalue weighted by Crippen LogP contribution is -3.00. The second kappa shape index (κ2) is 5.54. The molecule has 1 aliphatic heterocycles. The lowest BCUT2D eigenvalue weighted by molar-refractivity contribution is -0.709. The molecule has 2 heterocycles. The largest absolute Gasteiger partial charge is 1.00 e. The zero-order valence-electron chi connectivity index (χ0n) is 8.88. The highest BCUT2D eigenvalue weighted by atomic mass is 79.9. The van der Waals surface area contributed by atoms with E-state index >= 15 is 0 Å². The maximum atomic E-state index is 2.43. The number of aryl methyl sites for hydroxylation is 2. The van der Waals surface area contributed by atoms with Crippen LogP contribution in [0.4, 0.5) is 0 Å². The minimum atomic E-state index is 0. The average Bonchev–Trinajstić information content (AvgIpc) is 2.58. The van der Waals surface area contributed by atoms with E-state index < -0.39 is 0 Å². The van der Waals surface area contributed by atoms with Gasteiger partial charge in [-0.2, -0.15) is 0 Å². The van der Waals surface area contributed by atoms with Gasteiger partial charge in [0.25, 0.3) is 5.82 Å². The van der Waals surface area contributed by atoms with Crippen molar-refractivity contribution in [2.45, 2.75) is 52.1 Å². The van der Waals surface area contributed by atoms with E-state index in [1.54, 1.807) is 5.82 Å². The van der Waals surface area contributed by atoms with Gasteiger partial charge in [0.1, 0.15) is 12.4 Å². The Morgan fingerprint density at radius 3 is 3.07 bits per heavy atom. The molecule has 0 N–H and O–H groups in total. The van der Waals surface area contributed by atoms with Gasteiger partial charge >= 0.3 is 0 Å². The molecule has 3 heteroatoms. The summed E-state index contributed by atoms with van der Waals surface area (Å²) in [6.45, 7) is 4.69. The Morgan fingerprint density at radius 1 is 1.43 bits per heavy atom. The van der Waals surface area contributed by atoms with Crippen LogP contribution in [0.15, 0.2) is 12.4 Å². The predicted molar refractivity (Wildman–Crippen MR) is 52.5 cm³/mol. The van der Waals surface area contributed by atoms with E-state index in [-0.39, 0.29) is 17.0 Å². The first-order chi connectivity index (χ1) is 6.42. The van der Waals surface area contributed by atoms with Crippen molar-refractivity contribution >= 4 is 0 Å². The van der Waals surface area contributed by atoms with Gasteiger partial charge in [-0.1, -0.05) is 13.3 Å². The van der Waals surface area contributed by atoms with Crippen LogP contribution in [-0.2, 0) is 19.5 Å². The Kier molecular flexibility index (Phi) is 4.66. The van der Waals surface area contributed by atoms with Crippen molar-refractivity contribution < 1.29 is 21.5 Å². The number of imidazole rings is 1. The van der Waals surface area contributed by atoms with E-state index in [9.17, 15) is 0 Å². The third-order valence-corrected chi connectivity index (χ3v) is 2.89. The maximum absolute atomic E-state index is 2.43. The third kappa shape index (κ3) is 2.38. The molecule has 0 saturated heterocycles. The molecule has 1 aromatic heterocycles. The van der Waals surface area contributed by atoms with Crippen molar-refractivity contribution in [1.82, 2.24) is 4.57 Å². The highest BCUT2D eigenvalue weighted by molar-refractivity contribution is 4.85. The standard InChI is InChI=1S/C11H19N2.BrH/c1-2-3-7-12-9-10-13-8-5-4-6-11(12)13;/h9-10H,2-8H2,1H3;1H/q+1;/p-1. The van der Waals surface area contributed by atoms with Crippen LogP contribution in [0.25, 0.3) is 0 Å². The zero-order chi connectivity index (χ0) is 9.10. The van der Waals surface area contributed by atoms with Crippen LogP contribution in [-0.4, -0.2) is 4.57 Å². The first kappa shape index (κ1) is 11.8. The fourth-order valence-electron chi connectivity index (χ4n) is 2.09. The molecule has 0 bridgehead atoms. The van der Waals surface area contributed by atoms with Crippen molar-refractivity contribution in [3.63, 3.8) is 0 Å². The summed E-state index contributed by atoms with van der Waals surface area (Å²) in [6.07, 6.45) is 11.1. The summed E-state index contributed by atoms with van der Waals surface area (Å²) in [7, 11) is 0. The molecule has 2 nitrogen and oxygen atoms in total. The third-order valence-electron chi connectivity index (χ3n) is 2.89. The number of aromatic nitrogens is 2. The highest BCUT2D eigenvalue weighted by Crippen LogP contribution is 2.09. The molecule has 0 amide bonds. The molecule has 0 aromatic carbocycles. The first-order valence-corrected chi connectivity index (χ1v) is 5.49. The van der Waals surface area contributed by atoms with Crippen LogP contribution in [0.1, 0.15) is 38.4 Å². The number of hydrogen-bond acceptors (Lipinski definition) is 0. The number of nitrogens with zero attached hydrogens (tertiary/aromatic N) is 2. The predicted octanol–water partition coefficient (Wildman–Crippen LogP) is -1.08. The Morgan fingerprint density at radius 2 is 2.29 bits per heavy atom. The van der Waals surface area contributed by atoms with Crippen LogP contribution in [0.3, 0.4) is 0 Å². The van der Waals surface area contributed by atoms with E-state index in [4.69, 9.17) is 0 Å². The summed E-state index contributed by atoms with van der Waals surface area (Å²) in [5, 5.41) is 0. The van der Waals surface area contributed by atoms with Crippen molar-refractivity contribution in [1.29, 1.82) is 0 Å². The fourth-order valence-corrected chi connectivity index (χ4v) is 2.09. The maximum Gasteiger partial charge on any atom is 0.256 e. The number of unbranched alkanes of at least 4 members (excludes halogenated alkanes) is 1. The lowest BCUT2D eigenvalue weighted by atomic mass is 10.1. The SMILES string of the molecule is CCCCn1cc[n+]2c1CCCC2.[Br-]. The van der Waals surface area contributed by atoms with Gasteiger partial charge in [0.15, 0.2) is 0 Å². The summed E-state index contributed by atoms with van der Waals surface area (Å²) in [5.74, 6) is 1.54. The molecule has 1 aliphatic rings. The second-order valence-electron chi connectivity index (χ2n) is 3.91. The van der Waals surface area contributed by atoms with Crippen LogP contribution >= 0.6 is 0 Å². The van der Waals surface area contributed by atoms with Crippen LogP contribution < -0.4 is 21.5 Å². The summed E-state index contributed by atoms with van der Waals surface area (Å²) >= 11 is 0. The van der Waals surface area contributed by atoms with E-state index in [1.807, 2.05) is 0 Å². The summed E-state index contributed by atoms with van der Waals surface area (Å²) in [4.78, 5) is 0. The van der Waals surface area contributed by atoms with E-state index in [1.165, 1.54) is 45.2 Å². The number of fused-ring (bicyclic) bond motifs is 1. The zero-order valence-corrected chi connectivity index (χ0v) is 10.5. The Labute approximate surface area is 96.7 Å². The second-order valence-corrected chi connectivity index (χ2v) is 3.91. The fraction of sp³-hybridized carbons (Fsp3) is 0.727. The molecule has 14 heavy (non-hydrogen) atoms. The van der Waals surface area contributed by atoms with Crippen LogP contribution in [0.5, 0.6) is 0 Å². The van der Waals surface area contributed by atoms with Crippen molar-refractivity contribution in [2.75, 3.05) is 0 Å². The van der Waals surface area contributed by atoms with Gasteiger partial charge in [-0.3, -0.25) is 0 Å². The molecule has 0 saturated carbocycles. The number of rotatable bonds is 3.